The van der Waals surface area contributed by atoms with Gasteiger partial charge in [-0.15, -0.1) is 6.58 Å². The Hall–Kier alpha value is -1.59. The summed E-state index contributed by atoms with van der Waals surface area (Å²) in [6.45, 7) is 11.1. The number of aryl methyl sites for hydroxylation is 2. The number of likely N-dealkylation sites (tertiary alicyclic amines) is 1. The van der Waals surface area contributed by atoms with E-state index in [1.54, 1.807) is 6.08 Å². The van der Waals surface area contributed by atoms with Crippen LogP contribution in [0.5, 0.6) is 0 Å². The molecule has 132 valence electrons. The van der Waals surface area contributed by atoms with Crippen molar-refractivity contribution >= 4 is 5.91 Å². The number of hydrogen-bond acceptors (Lipinski definition) is 3. The molecule has 24 heavy (non-hydrogen) atoms. The molecule has 0 spiro atoms. The number of aromatic amines is 1. The zero-order valence-corrected chi connectivity index (χ0v) is 14.8. The van der Waals surface area contributed by atoms with E-state index in [4.69, 9.17) is 9.47 Å². The maximum absolute atomic E-state index is 13.0. The van der Waals surface area contributed by atoms with Crippen LogP contribution >= 0.6 is 0 Å². The van der Waals surface area contributed by atoms with Crippen molar-refractivity contribution in [2.24, 2.45) is 5.41 Å². The molecule has 0 aromatic carbocycles. The summed E-state index contributed by atoms with van der Waals surface area (Å²) < 4.78 is 11.8. The third-order valence-corrected chi connectivity index (χ3v) is 5.28. The molecule has 0 radical (unpaired) electrons. The second-order valence-electron chi connectivity index (χ2n) is 7.14. The quantitative estimate of drug-likeness (QED) is 0.666. The van der Waals surface area contributed by atoms with E-state index in [0.717, 1.165) is 49.4 Å². The van der Waals surface area contributed by atoms with Crippen LogP contribution < -0.4 is 0 Å². The molecule has 1 aromatic rings. The fraction of sp³-hybridized carbons (Fsp3) is 0.632. The van der Waals surface area contributed by atoms with Crippen molar-refractivity contribution in [3.8, 4) is 0 Å². The van der Waals surface area contributed by atoms with Gasteiger partial charge in [0.15, 0.2) is 0 Å². The van der Waals surface area contributed by atoms with Crippen LogP contribution in [-0.2, 0) is 9.47 Å². The van der Waals surface area contributed by atoms with Gasteiger partial charge in [0.1, 0.15) is 0 Å². The molecular formula is C19H28N2O3. The molecule has 0 saturated carbocycles. The van der Waals surface area contributed by atoms with Gasteiger partial charge in [-0.05, 0) is 39.2 Å². The van der Waals surface area contributed by atoms with Gasteiger partial charge in [-0.25, -0.2) is 0 Å². The molecule has 2 atom stereocenters. The van der Waals surface area contributed by atoms with E-state index in [9.17, 15) is 4.79 Å². The van der Waals surface area contributed by atoms with Crippen LogP contribution in [0.3, 0.4) is 0 Å². The summed E-state index contributed by atoms with van der Waals surface area (Å²) in [5.74, 6) is 0.115. The molecule has 5 nitrogen and oxygen atoms in total. The molecule has 5 heteroatoms. The zero-order chi connectivity index (χ0) is 17.2. The number of amides is 1. The van der Waals surface area contributed by atoms with Crippen molar-refractivity contribution in [1.82, 2.24) is 9.88 Å². The van der Waals surface area contributed by atoms with Crippen molar-refractivity contribution in [2.75, 3.05) is 32.9 Å². The predicted molar refractivity (Wildman–Crippen MR) is 93.2 cm³/mol. The van der Waals surface area contributed by atoms with Gasteiger partial charge in [0.25, 0.3) is 5.91 Å². The van der Waals surface area contributed by atoms with E-state index in [-0.39, 0.29) is 17.4 Å². The first-order valence-electron chi connectivity index (χ1n) is 8.81. The van der Waals surface area contributed by atoms with Crippen molar-refractivity contribution in [1.29, 1.82) is 0 Å². The Labute approximate surface area is 144 Å². The molecule has 0 unspecified atom stereocenters. The average Bonchev–Trinajstić information content (AvgIpc) is 2.92. The normalized spacial score (nSPS) is 26.9. The number of rotatable bonds is 5. The molecule has 2 fully saturated rings. The molecule has 2 aliphatic rings. The third-order valence-electron chi connectivity index (χ3n) is 5.28. The summed E-state index contributed by atoms with van der Waals surface area (Å²) in [4.78, 5) is 18.2. The van der Waals surface area contributed by atoms with E-state index < -0.39 is 0 Å². The van der Waals surface area contributed by atoms with Gasteiger partial charge < -0.3 is 19.4 Å². The van der Waals surface area contributed by atoms with Gasteiger partial charge in [-0.3, -0.25) is 4.79 Å². The molecule has 2 aliphatic heterocycles. The number of aromatic nitrogens is 1. The van der Waals surface area contributed by atoms with E-state index in [1.807, 2.05) is 24.8 Å². The zero-order valence-electron chi connectivity index (χ0n) is 14.8. The topological polar surface area (TPSA) is 54.6 Å². The number of nitrogens with one attached hydrogen (secondary N) is 1. The van der Waals surface area contributed by atoms with Crippen LogP contribution in [0.4, 0.5) is 0 Å². The SMILES string of the molecule is C=CCOC[C@@]12CCCO[C@@H]1CCN(C(=O)c1cc(C)[nH]c1C)C2. The molecule has 1 amide bonds. The Kier molecular flexibility index (Phi) is 5.11. The van der Waals surface area contributed by atoms with Gasteiger partial charge in [-0.2, -0.15) is 0 Å². The van der Waals surface area contributed by atoms with Gasteiger partial charge in [0.2, 0.25) is 0 Å². The molecule has 3 rings (SSSR count). The highest BCUT2D eigenvalue weighted by molar-refractivity contribution is 5.95. The van der Waals surface area contributed by atoms with Crippen molar-refractivity contribution < 1.29 is 14.3 Å². The molecule has 0 aliphatic carbocycles. The maximum atomic E-state index is 13.0. The summed E-state index contributed by atoms with van der Waals surface area (Å²) in [6, 6.07) is 1.95. The summed E-state index contributed by atoms with van der Waals surface area (Å²) in [5, 5.41) is 0. The first-order valence-corrected chi connectivity index (χ1v) is 8.81. The van der Waals surface area contributed by atoms with Gasteiger partial charge in [-0.1, -0.05) is 6.08 Å². The van der Waals surface area contributed by atoms with Crippen LogP contribution in [0.25, 0.3) is 0 Å². The van der Waals surface area contributed by atoms with Crippen molar-refractivity contribution in [2.45, 2.75) is 39.2 Å². The summed E-state index contributed by atoms with van der Waals surface area (Å²) in [6.07, 6.45) is 4.91. The minimum atomic E-state index is -0.0889. The van der Waals surface area contributed by atoms with Crippen LogP contribution in [0.2, 0.25) is 0 Å². The highest BCUT2D eigenvalue weighted by atomic mass is 16.5. The van der Waals surface area contributed by atoms with Crippen LogP contribution in [0.1, 0.15) is 41.0 Å². The lowest BCUT2D eigenvalue weighted by Gasteiger charge is -2.50. The second-order valence-corrected chi connectivity index (χ2v) is 7.14. The molecule has 1 aromatic heterocycles. The van der Waals surface area contributed by atoms with E-state index in [2.05, 4.69) is 11.6 Å². The Morgan fingerprint density at radius 3 is 3.12 bits per heavy atom. The molecule has 0 bridgehead atoms. The Morgan fingerprint density at radius 1 is 1.58 bits per heavy atom. The van der Waals surface area contributed by atoms with Gasteiger partial charge in [0.05, 0.1) is 24.9 Å². The predicted octanol–water partition coefficient (Wildman–Crippen LogP) is 2.85. The molecular weight excluding hydrogens is 304 g/mol. The lowest BCUT2D eigenvalue weighted by Crippen LogP contribution is -2.58. The smallest absolute Gasteiger partial charge is 0.255 e. The van der Waals surface area contributed by atoms with Gasteiger partial charge >= 0.3 is 0 Å². The first-order chi connectivity index (χ1) is 11.6. The number of piperidine rings is 1. The maximum Gasteiger partial charge on any atom is 0.255 e. The van der Waals surface area contributed by atoms with E-state index in [0.29, 0.717) is 19.8 Å². The highest BCUT2D eigenvalue weighted by Gasteiger charge is 2.47. The molecule has 3 heterocycles. The lowest BCUT2D eigenvalue weighted by molar-refractivity contribution is -0.144. The van der Waals surface area contributed by atoms with E-state index in [1.165, 1.54) is 0 Å². The number of carbonyl (C=O) groups excluding carboxylic acids is 1. The minimum Gasteiger partial charge on any atom is -0.377 e. The fourth-order valence-electron chi connectivity index (χ4n) is 4.14. The van der Waals surface area contributed by atoms with Crippen LogP contribution in [-0.4, -0.2) is 54.8 Å². The molecule has 2 saturated heterocycles. The summed E-state index contributed by atoms with van der Waals surface area (Å²) in [5.41, 5.74) is 2.66. The largest absolute Gasteiger partial charge is 0.377 e. The average molecular weight is 332 g/mol. The lowest BCUT2D eigenvalue weighted by atomic mass is 9.73. The van der Waals surface area contributed by atoms with Crippen molar-refractivity contribution in [3.05, 3.63) is 35.7 Å². The molecule has 1 N–H and O–H groups in total. The third kappa shape index (κ3) is 3.28. The standard InChI is InChI=1S/C19H28N2O3/c1-4-9-23-13-19-7-5-10-24-17(19)6-8-21(12-19)18(22)16-11-14(2)20-15(16)3/h4,11,17,20H,1,5-10,12-13H2,2-3H3/t17-,19+/m1/s1. The van der Waals surface area contributed by atoms with Crippen LogP contribution in [0, 0.1) is 19.3 Å². The first kappa shape index (κ1) is 17.2. The van der Waals surface area contributed by atoms with Crippen LogP contribution in [0.15, 0.2) is 18.7 Å². The van der Waals surface area contributed by atoms with Crippen molar-refractivity contribution in [3.63, 3.8) is 0 Å². The van der Waals surface area contributed by atoms with E-state index >= 15 is 0 Å². The number of fused-ring (bicyclic) bond motifs is 1. The fourth-order valence-corrected chi connectivity index (χ4v) is 4.14. The number of nitrogens with zero attached hydrogens (tertiary/aromatic N) is 1. The summed E-state index contributed by atoms with van der Waals surface area (Å²) >= 11 is 0. The minimum absolute atomic E-state index is 0.0889. The number of H-pyrrole nitrogens is 1. The Morgan fingerprint density at radius 2 is 2.42 bits per heavy atom. The highest BCUT2D eigenvalue weighted by Crippen LogP contribution is 2.41. The summed E-state index contributed by atoms with van der Waals surface area (Å²) in [7, 11) is 0. The number of ether oxygens (including phenoxy) is 2. The Bertz CT molecular complexity index is 610. The number of hydrogen-bond donors (Lipinski definition) is 1. The monoisotopic (exact) mass is 332 g/mol. The Balaban J connectivity index is 1.77. The number of carbonyl (C=O) groups is 1. The second kappa shape index (κ2) is 7.11. The van der Waals surface area contributed by atoms with Gasteiger partial charge in [0, 0.05) is 36.5 Å².